The van der Waals surface area contributed by atoms with Crippen LogP contribution in [0.5, 0.6) is 11.5 Å². The first-order valence-corrected chi connectivity index (χ1v) is 11.7. The summed E-state index contributed by atoms with van der Waals surface area (Å²) in [5.74, 6) is 0.319. The van der Waals surface area contributed by atoms with Crippen molar-refractivity contribution in [2.75, 3.05) is 19.1 Å². The summed E-state index contributed by atoms with van der Waals surface area (Å²) in [5.41, 5.74) is 3.39. The standard InChI is InChI=1S/C27H24N4O4S/c1-34-19-11-12-23(35-2)22(16-19)31-25(24(29-27(31)36)20-9-3-4-13-28-20)21-10-6-14-30(21)18-8-5-7-17(15-18)26(32)33/h3-16,24-25H,1-2H3,(H,29,36)(H,32,33)/t24-,25-/m0/s1. The topological polar surface area (TPSA) is 88.9 Å². The Balaban J connectivity index is 1.70. The third kappa shape index (κ3) is 4.14. The molecule has 0 aliphatic carbocycles. The molecule has 1 aliphatic rings. The molecule has 8 nitrogen and oxygen atoms in total. The number of carboxylic acids is 1. The van der Waals surface area contributed by atoms with Crippen molar-refractivity contribution in [3.63, 3.8) is 0 Å². The van der Waals surface area contributed by atoms with Gasteiger partial charge in [-0.3, -0.25) is 4.98 Å². The van der Waals surface area contributed by atoms with Crippen molar-refractivity contribution in [3.05, 3.63) is 102 Å². The highest BCUT2D eigenvalue weighted by Crippen LogP contribution is 2.46. The molecule has 2 aromatic heterocycles. The molecule has 3 heterocycles. The van der Waals surface area contributed by atoms with E-state index in [1.54, 1.807) is 38.6 Å². The zero-order valence-corrected chi connectivity index (χ0v) is 20.5. The number of thiocarbonyl (C=S) groups is 1. The zero-order chi connectivity index (χ0) is 25.2. The van der Waals surface area contributed by atoms with E-state index < -0.39 is 5.97 Å². The molecule has 0 spiro atoms. The third-order valence-corrected chi connectivity index (χ3v) is 6.51. The number of methoxy groups -OCH3 is 2. The van der Waals surface area contributed by atoms with Gasteiger partial charge in [-0.2, -0.15) is 0 Å². The maximum absolute atomic E-state index is 11.6. The van der Waals surface area contributed by atoms with Crippen LogP contribution in [0.25, 0.3) is 5.69 Å². The van der Waals surface area contributed by atoms with E-state index in [4.69, 9.17) is 21.7 Å². The van der Waals surface area contributed by atoms with Gasteiger partial charge in [-0.1, -0.05) is 12.1 Å². The van der Waals surface area contributed by atoms with E-state index in [1.807, 2.05) is 70.3 Å². The number of anilines is 1. The van der Waals surface area contributed by atoms with Gasteiger partial charge in [0.05, 0.1) is 37.2 Å². The fraction of sp³-hybridized carbons (Fsp3) is 0.148. The van der Waals surface area contributed by atoms with Crippen molar-refractivity contribution in [2.24, 2.45) is 0 Å². The van der Waals surface area contributed by atoms with Gasteiger partial charge in [-0.25, -0.2) is 4.79 Å². The number of carboxylic acid groups (broad SMARTS) is 1. The molecule has 0 amide bonds. The number of ether oxygens (including phenoxy) is 2. The van der Waals surface area contributed by atoms with Crippen LogP contribution in [-0.4, -0.2) is 40.0 Å². The number of aromatic carboxylic acids is 1. The quantitative estimate of drug-likeness (QED) is 0.351. The number of carbonyl (C=O) groups is 1. The van der Waals surface area contributed by atoms with Crippen LogP contribution in [0.2, 0.25) is 0 Å². The summed E-state index contributed by atoms with van der Waals surface area (Å²) in [7, 11) is 3.23. The Kier molecular flexibility index (Phi) is 6.30. The molecule has 5 rings (SSSR count). The minimum Gasteiger partial charge on any atom is -0.497 e. The van der Waals surface area contributed by atoms with Crippen molar-refractivity contribution in [3.8, 4) is 17.2 Å². The van der Waals surface area contributed by atoms with Crippen molar-refractivity contribution in [1.82, 2.24) is 14.9 Å². The van der Waals surface area contributed by atoms with Gasteiger partial charge in [0.2, 0.25) is 0 Å². The first-order valence-electron chi connectivity index (χ1n) is 11.3. The van der Waals surface area contributed by atoms with Crippen molar-refractivity contribution < 1.29 is 19.4 Å². The van der Waals surface area contributed by atoms with E-state index in [0.29, 0.717) is 16.6 Å². The molecule has 182 valence electrons. The lowest BCUT2D eigenvalue weighted by Gasteiger charge is -2.30. The second kappa shape index (κ2) is 9.71. The summed E-state index contributed by atoms with van der Waals surface area (Å²) in [6, 6.07) is 21.5. The largest absolute Gasteiger partial charge is 0.497 e. The predicted octanol–water partition coefficient (Wildman–Crippen LogP) is 4.76. The van der Waals surface area contributed by atoms with Crippen LogP contribution < -0.4 is 19.7 Å². The van der Waals surface area contributed by atoms with Gasteiger partial charge in [0.25, 0.3) is 0 Å². The maximum Gasteiger partial charge on any atom is 0.335 e. The van der Waals surface area contributed by atoms with Crippen molar-refractivity contribution in [2.45, 2.75) is 12.1 Å². The van der Waals surface area contributed by atoms with Crippen molar-refractivity contribution >= 4 is 29.0 Å². The van der Waals surface area contributed by atoms with E-state index in [0.717, 1.165) is 22.8 Å². The van der Waals surface area contributed by atoms with E-state index >= 15 is 0 Å². The minimum absolute atomic E-state index is 0.208. The van der Waals surface area contributed by atoms with E-state index in [2.05, 4.69) is 10.3 Å². The molecule has 0 bridgehead atoms. The average Bonchev–Trinajstić information content (AvgIpc) is 3.53. The molecule has 0 radical (unpaired) electrons. The SMILES string of the molecule is COc1ccc(OC)c(N2C(=S)N[C@@H](c3ccccn3)[C@@H]2c2cccn2-c2cccc(C(=O)O)c2)c1. The lowest BCUT2D eigenvalue weighted by molar-refractivity contribution is 0.0697. The highest BCUT2D eigenvalue weighted by Gasteiger charge is 2.43. The number of benzene rings is 2. The van der Waals surface area contributed by atoms with Gasteiger partial charge in [0.15, 0.2) is 5.11 Å². The van der Waals surface area contributed by atoms with Crippen LogP contribution in [-0.2, 0) is 0 Å². The Morgan fingerprint density at radius 1 is 1.03 bits per heavy atom. The number of rotatable bonds is 7. The molecule has 36 heavy (non-hydrogen) atoms. The van der Waals surface area contributed by atoms with Crippen LogP contribution in [0, 0.1) is 0 Å². The Hall–Kier alpha value is -4.37. The highest BCUT2D eigenvalue weighted by molar-refractivity contribution is 7.80. The normalized spacial score (nSPS) is 17.1. The fourth-order valence-electron chi connectivity index (χ4n) is 4.56. The number of pyridine rings is 1. The van der Waals surface area contributed by atoms with Gasteiger partial charge < -0.3 is 29.4 Å². The summed E-state index contributed by atoms with van der Waals surface area (Å²) in [4.78, 5) is 18.2. The van der Waals surface area contributed by atoms with Crippen LogP contribution >= 0.6 is 12.2 Å². The molecule has 1 saturated heterocycles. The molecular formula is C27H24N4O4S. The lowest BCUT2D eigenvalue weighted by atomic mass is 10.0. The molecule has 2 N–H and O–H groups in total. The summed E-state index contributed by atoms with van der Waals surface area (Å²) in [6.45, 7) is 0. The summed E-state index contributed by atoms with van der Waals surface area (Å²) in [6.07, 6.45) is 3.66. The van der Waals surface area contributed by atoms with Crippen molar-refractivity contribution in [1.29, 1.82) is 0 Å². The average molecular weight is 501 g/mol. The number of hydrogen-bond acceptors (Lipinski definition) is 5. The van der Waals surface area contributed by atoms with E-state index in [-0.39, 0.29) is 17.6 Å². The van der Waals surface area contributed by atoms with Gasteiger partial charge in [-0.05, 0) is 66.8 Å². The number of nitrogens with zero attached hydrogens (tertiary/aromatic N) is 3. The van der Waals surface area contributed by atoms with Crippen LogP contribution in [0.15, 0.2) is 85.2 Å². The van der Waals surface area contributed by atoms with E-state index in [9.17, 15) is 9.90 Å². The summed E-state index contributed by atoms with van der Waals surface area (Å²) < 4.78 is 13.2. The summed E-state index contributed by atoms with van der Waals surface area (Å²) >= 11 is 5.86. The van der Waals surface area contributed by atoms with Crippen LogP contribution in [0.3, 0.4) is 0 Å². The van der Waals surface area contributed by atoms with Gasteiger partial charge >= 0.3 is 5.97 Å². The third-order valence-electron chi connectivity index (χ3n) is 6.20. The summed E-state index contributed by atoms with van der Waals surface area (Å²) in [5, 5.41) is 13.5. The first kappa shape index (κ1) is 23.4. The molecule has 2 aromatic carbocycles. The predicted molar refractivity (Wildman–Crippen MR) is 140 cm³/mol. The fourth-order valence-corrected chi connectivity index (χ4v) is 4.90. The number of aromatic nitrogens is 2. The molecule has 2 atom stereocenters. The molecule has 0 unspecified atom stereocenters. The molecule has 4 aromatic rings. The maximum atomic E-state index is 11.6. The minimum atomic E-state index is -0.983. The molecule has 1 aliphatic heterocycles. The Bertz CT molecular complexity index is 1420. The van der Waals surface area contributed by atoms with Crippen LogP contribution in [0.4, 0.5) is 5.69 Å². The smallest absolute Gasteiger partial charge is 0.335 e. The Labute approximate surface area is 213 Å². The monoisotopic (exact) mass is 500 g/mol. The Morgan fingerprint density at radius 3 is 2.61 bits per heavy atom. The molecule has 0 saturated carbocycles. The van der Waals surface area contributed by atoms with Gasteiger partial charge in [-0.15, -0.1) is 0 Å². The lowest BCUT2D eigenvalue weighted by Crippen LogP contribution is -2.30. The molecule has 9 heteroatoms. The van der Waals surface area contributed by atoms with Gasteiger partial charge in [0, 0.05) is 29.8 Å². The second-order valence-corrected chi connectivity index (χ2v) is 8.58. The molecule has 1 fully saturated rings. The Morgan fingerprint density at radius 2 is 1.89 bits per heavy atom. The second-order valence-electron chi connectivity index (χ2n) is 8.19. The molecular weight excluding hydrogens is 476 g/mol. The van der Waals surface area contributed by atoms with E-state index in [1.165, 1.54) is 0 Å². The van der Waals surface area contributed by atoms with Crippen LogP contribution in [0.1, 0.15) is 33.8 Å². The zero-order valence-electron chi connectivity index (χ0n) is 19.7. The highest BCUT2D eigenvalue weighted by atomic mass is 32.1. The first-order chi connectivity index (χ1) is 17.5. The van der Waals surface area contributed by atoms with Gasteiger partial charge in [0.1, 0.15) is 17.5 Å². The number of hydrogen-bond donors (Lipinski definition) is 2. The number of nitrogens with one attached hydrogen (secondary N) is 1.